The van der Waals surface area contributed by atoms with Gasteiger partial charge in [-0.2, -0.15) is 0 Å². The molecule has 1 heterocycles. The molecule has 2 amide bonds. The summed E-state index contributed by atoms with van der Waals surface area (Å²) in [6, 6.07) is 7.43. The number of para-hydroxylation sites is 1. The van der Waals surface area contributed by atoms with Crippen molar-refractivity contribution in [3.8, 4) is 0 Å². The van der Waals surface area contributed by atoms with E-state index in [1.165, 1.54) is 0 Å². The number of nitrogens with one attached hydrogen (secondary N) is 1. The highest BCUT2D eigenvalue weighted by molar-refractivity contribution is 6.08. The van der Waals surface area contributed by atoms with E-state index in [0.717, 1.165) is 10.3 Å². The molecule has 0 aliphatic rings. The number of rotatable bonds is 7. The first-order valence-corrected chi connectivity index (χ1v) is 7.74. The molecule has 1 atom stereocenters. The summed E-state index contributed by atoms with van der Waals surface area (Å²) in [4.78, 5) is 39.1. The molecular weight excluding hydrogens is 342 g/mol. The van der Waals surface area contributed by atoms with Crippen molar-refractivity contribution in [1.29, 1.82) is 0 Å². The maximum atomic E-state index is 12.9. The van der Waals surface area contributed by atoms with Crippen LogP contribution in [0, 0.1) is 10.1 Å². The minimum absolute atomic E-state index is 0.0890. The lowest BCUT2D eigenvalue weighted by molar-refractivity contribution is -0.485. The second kappa shape index (κ2) is 8.07. The van der Waals surface area contributed by atoms with Crippen LogP contribution in [0.25, 0.3) is 10.9 Å². The van der Waals surface area contributed by atoms with E-state index < -0.39 is 28.8 Å². The maximum Gasteiger partial charge on any atom is 0.277 e. The van der Waals surface area contributed by atoms with Gasteiger partial charge in [-0.05, 0) is 31.5 Å². The van der Waals surface area contributed by atoms with Gasteiger partial charge in [0.15, 0.2) is 5.03 Å². The van der Waals surface area contributed by atoms with Crippen molar-refractivity contribution < 1.29 is 14.6 Å². The van der Waals surface area contributed by atoms with Crippen LogP contribution >= 0.6 is 0 Å². The fourth-order valence-electron chi connectivity index (χ4n) is 2.57. The summed E-state index contributed by atoms with van der Waals surface area (Å²) in [7, 11) is 0. The number of carbonyl (C=O) groups excluding carboxylic acids is 2. The number of nitro groups is 1. The number of carbonyl (C=O) groups is 2. The third-order valence-corrected chi connectivity index (χ3v) is 3.73. The van der Waals surface area contributed by atoms with E-state index in [-0.39, 0.29) is 18.7 Å². The largest absolute Gasteiger partial charge is 0.368 e. The van der Waals surface area contributed by atoms with Crippen LogP contribution in [0.5, 0.6) is 0 Å². The van der Waals surface area contributed by atoms with Gasteiger partial charge in [0.1, 0.15) is 16.8 Å². The van der Waals surface area contributed by atoms with Gasteiger partial charge in [0.2, 0.25) is 5.91 Å². The molecule has 26 heavy (non-hydrogen) atoms. The third-order valence-electron chi connectivity index (χ3n) is 3.73. The summed E-state index contributed by atoms with van der Waals surface area (Å²) in [5.74, 6) is -2.37. The lowest BCUT2D eigenvalue weighted by Gasteiger charge is -2.26. The Morgan fingerprint density at radius 3 is 2.58 bits per heavy atom. The number of primary amides is 1. The van der Waals surface area contributed by atoms with Crippen LogP contribution in [-0.2, 0) is 4.79 Å². The number of fused-ring (bicyclic) bond motifs is 1. The molecule has 1 aromatic carbocycles. The van der Waals surface area contributed by atoms with Gasteiger partial charge in [-0.15, -0.1) is 0 Å². The van der Waals surface area contributed by atoms with E-state index in [1.807, 2.05) is 0 Å². The molecule has 7 N–H and O–H groups in total. The molecule has 0 saturated carbocycles. The zero-order valence-electron chi connectivity index (χ0n) is 13.8. The van der Waals surface area contributed by atoms with Gasteiger partial charge in [-0.3, -0.25) is 14.5 Å². The van der Waals surface area contributed by atoms with Crippen LogP contribution in [0.15, 0.2) is 35.4 Å². The molecule has 0 aliphatic heterocycles. The Hall–Kier alpha value is -3.47. The number of hydrogen-bond acceptors (Lipinski definition) is 5. The molecule has 2 aromatic rings. The van der Waals surface area contributed by atoms with Gasteiger partial charge in [0.05, 0.1) is 0 Å². The van der Waals surface area contributed by atoms with Gasteiger partial charge in [0, 0.05) is 10.9 Å². The Morgan fingerprint density at radius 2 is 2.00 bits per heavy atom. The van der Waals surface area contributed by atoms with E-state index in [1.54, 1.807) is 30.3 Å². The Bertz CT molecular complexity index is 828. The standard InChI is InChI=1S/C15H19N7O4/c16-7-3-6-12(13(17)23)21(15(18)20-22(25)26)14(24)11-8-9-4-1-2-5-10(9)19-11/h1-2,4-5,8,12,19H,3,6-7,16H2,(H2,17,23)(H2,18,20)/t12-/m0/s1. The first-order chi connectivity index (χ1) is 12.3. The molecule has 2 rings (SSSR count). The number of guanidine groups is 1. The summed E-state index contributed by atoms with van der Waals surface area (Å²) < 4.78 is 0. The van der Waals surface area contributed by atoms with E-state index in [0.29, 0.717) is 11.9 Å². The highest BCUT2D eigenvalue weighted by Gasteiger charge is 2.33. The van der Waals surface area contributed by atoms with Crippen molar-refractivity contribution in [2.45, 2.75) is 18.9 Å². The van der Waals surface area contributed by atoms with Gasteiger partial charge in [-0.25, -0.2) is 10.1 Å². The van der Waals surface area contributed by atoms with Crippen LogP contribution in [0.2, 0.25) is 0 Å². The molecule has 1 aromatic heterocycles. The molecule has 0 radical (unpaired) electrons. The summed E-state index contributed by atoms with van der Waals surface area (Å²) in [5, 5.41) is 13.3. The molecular formula is C15H19N7O4. The number of hydrogen-bond donors (Lipinski definition) is 4. The van der Waals surface area contributed by atoms with Crippen molar-refractivity contribution in [3.63, 3.8) is 0 Å². The van der Waals surface area contributed by atoms with Crippen LogP contribution in [0.3, 0.4) is 0 Å². The molecule has 0 saturated heterocycles. The van der Waals surface area contributed by atoms with Gasteiger partial charge < -0.3 is 22.2 Å². The van der Waals surface area contributed by atoms with E-state index in [2.05, 4.69) is 10.1 Å². The van der Waals surface area contributed by atoms with Crippen LogP contribution in [0.1, 0.15) is 23.3 Å². The lowest BCUT2D eigenvalue weighted by atomic mass is 10.1. The topological polar surface area (TPSA) is 187 Å². The van der Waals surface area contributed by atoms with Crippen molar-refractivity contribution in [2.24, 2.45) is 22.3 Å². The van der Waals surface area contributed by atoms with Crippen LogP contribution in [-0.4, -0.2) is 45.3 Å². The zero-order chi connectivity index (χ0) is 19.3. The fourth-order valence-corrected chi connectivity index (χ4v) is 2.57. The average molecular weight is 361 g/mol. The van der Waals surface area contributed by atoms with E-state index >= 15 is 0 Å². The molecule has 11 heteroatoms. The zero-order valence-corrected chi connectivity index (χ0v) is 13.8. The highest BCUT2D eigenvalue weighted by Crippen LogP contribution is 2.18. The van der Waals surface area contributed by atoms with Gasteiger partial charge >= 0.3 is 0 Å². The Balaban J connectivity index is 2.48. The van der Waals surface area contributed by atoms with Crippen molar-refractivity contribution in [2.75, 3.05) is 6.54 Å². The summed E-state index contributed by atoms with van der Waals surface area (Å²) in [5.41, 5.74) is 17.2. The van der Waals surface area contributed by atoms with Crippen LogP contribution < -0.4 is 17.2 Å². The first-order valence-electron chi connectivity index (χ1n) is 7.74. The second-order valence-electron chi connectivity index (χ2n) is 5.49. The maximum absolute atomic E-state index is 12.9. The first kappa shape index (κ1) is 18.9. The summed E-state index contributed by atoms with van der Waals surface area (Å²) in [6.07, 6.45) is 0.446. The normalized spacial score (nSPS) is 12.7. The molecule has 138 valence electrons. The Morgan fingerprint density at radius 1 is 1.31 bits per heavy atom. The number of hydrazone groups is 1. The Kier molecular flexibility index (Phi) is 5.86. The molecule has 0 spiro atoms. The number of benzene rings is 1. The number of H-pyrrole nitrogens is 1. The lowest BCUT2D eigenvalue weighted by Crippen LogP contribution is -2.54. The summed E-state index contributed by atoms with van der Waals surface area (Å²) in [6.45, 7) is 0.241. The summed E-state index contributed by atoms with van der Waals surface area (Å²) >= 11 is 0. The smallest absolute Gasteiger partial charge is 0.277 e. The fraction of sp³-hybridized carbons (Fsp3) is 0.267. The number of nitrogens with two attached hydrogens (primary N) is 3. The predicted octanol–water partition coefficient (Wildman–Crippen LogP) is -0.291. The second-order valence-corrected chi connectivity index (χ2v) is 5.49. The molecule has 0 unspecified atom stereocenters. The predicted molar refractivity (Wildman–Crippen MR) is 94.4 cm³/mol. The van der Waals surface area contributed by atoms with E-state index in [4.69, 9.17) is 17.2 Å². The van der Waals surface area contributed by atoms with Crippen molar-refractivity contribution in [1.82, 2.24) is 9.88 Å². The molecule has 11 nitrogen and oxygen atoms in total. The van der Waals surface area contributed by atoms with Crippen molar-refractivity contribution >= 4 is 28.7 Å². The quantitative estimate of drug-likeness (QED) is 0.227. The van der Waals surface area contributed by atoms with Gasteiger partial charge in [0.25, 0.3) is 11.9 Å². The number of amides is 2. The highest BCUT2D eigenvalue weighted by atomic mass is 16.7. The van der Waals surface area contributed by atoms with Crippen molar-refractivity contribution in [3.05, 3.63) is 46.1 Å². The Labute approximate surface area is 147 Å². The molecule has 0 bridgehead atoms. The van der Waals surface area contributed by atoms with Gasteiger partial charge in [-0.1, -0.05) is 18.2 Å². The average Bonchev–Trinajstić information content (AvgIpc) is 3.01. The molecule has 0 aliphatic carbocycles. The third kappa shape index (κ3) is 4.13. The van der Waals surface area contributed by atoms with E-state index in [9.17, 15) is 19.7 Å². The monoisotopic (exact) mass is 361 g/mol. The minimum Gasteiger partial charge on any atom is -0.368 e. The van der Waals surface area contributed by atoms with Crippen LogP contribution in [0.4, 0.5) is 0 Å². The number of aromatic amines is 1. The number of aromatic nitrogens is 1. The molecule has 0 fully saturated rings. The number of nitrogens with zero attached hydrogens (tertiary/aromatic N) is 3. The SMILES string of the molecule is NCCC[C@@H](C(N)=O)N(C(=O)c1cc2ccccc2[nH]1)C(N)=N[N+](=O)[O-]. The minimum atomic E-state index is -1.22.